The Kier molecular flexibility index (Phi) is 8.39. The molecule has 290 valence electrons. The molecule has 1 aliphatic rings. The van der Waals surface area contributed by atoms with Crippen LogP contribution in [0.15, 0.2) is 235 Å². The number of fused-ring (bicyclic) bond motifs is 6. The first kappa shape index (κ1) is 35.8. The van der Waals surface area contributed by atoms with Gasteiger partial charge in [0.05, 0.1) is 16.8 Å². The van der Waals surface area contributed by atoms with Crippen LogP contribution in [0.4, 0.5) is 0 Å². The number of benzene rings is 9. The Balaban J connectivity index is 0.987. The zero-order valence-electron chi connectivity index (χ0n) is 33.7. The van der Waals surface area contributed by atoms with Gasteiger partial charge >= 0.3 is 0 Å². The summed E-state index contributed by atoms with van der Waals surface area (Å²) in [5, 5.41) is 2.26. The van der Waals surface area contributed by atoms with Gasteiger partial charge in [-0.1, -0.05) is 188 Å². The molecule has 0 radical (unpaired) electrons. The smallest absolute Gasteiger partial charge is 0.160 e. The fraction of sp³-hybridized carbons (Fsp3) is 0.0169. The molecule has 0 aliphatic heterocycles. The van der Waals surface area contributed by atoms with Crippen molar-refractivity contribution in [3.8, 4) is 67.3 Å². The molecular weight excluding hydrogens is 753 g/mol. The summed E-state index contributed by atoms with van der Waals surface area (Å²) >= 11 is 0. The lowest BCUT2D eigenvalue weighted by Crippen LogP contribution is -2.28. The van der Waals surface area contributed by atoms with E-state index in [0.29, 0.717) is 5.82 Å². The zero-order chi connectivity index (χ0) is 41.0. The molecule has 0 fully saturated rings. The molecule has 0 saturated heterocycles. The molecule has 1 aliphatic carbocycles. The lowest BCUT2D eigenvalue weighted by Gasteiger charge is -2.34. The Morgan fingerprint density at radius 3 is 1.52 bits per heavy atom. The van der Waals surface area contributed by atoms with Crippen molar-refractivity contribution < 1.29 is 4.42 Å². The SMILES string of the molecule is c1ccc(-c2nc(-c3cccc(-c4cccc(-c5ccc6c(c5)oc5ccccc56)c4)c3)cc(-c3ccc4c(c3)C(c3ccccc3)(c3ccccc3)c3ccccc3-4)n2)cc1. The first-order chi connectivity index (χ1) is 30.7. The molecule has 0 saturated carbocycles. The Hall–Kier alpha value is -8.14. The van der Waals surface area contributed by atoms with Crippen molar-refractivity contribution in [1.82, 2.24) is 9.97 Å². The van der Waals surface area contributed by atoms with Gasteiger partial charge in [0.15, 0.2) is 5.82 Å². The maximum atomic E-state index is 6.25. The van der Waals surface area contributed by atoms with Crippen LogP contribution in [0.2, 0.25) is 0 Å². The predicted octanol–water partition coefficient (Wildman–Crippen LogP) is 15.1. The normalized spacial score (nSPS) is 12.6. The Bertz CT molecular complexity index is 3420. The van der Waals surface area contributed by atoms with Gasteiger partial charge in [-0.15, -0.1) is 0 Å². The molecule has 0 bridgehead atoms. The topological polar surface area (TPSA) is 38.9 Å². The van der Waals surface area contributed by atoms with Crippen LogP contribution >= 0.6 is 0 Å². The first-order valence-electron chi connectivity index (χ1n) is 21.1. The molecule has 9 aromatic carbocycles. The van der Waals surface area contributed by atoms with Gasteiger partial charge in [-0.25, -0.2) is 9.97 Å². The van der Waals surface area contributed by atoms with E-state index in [1.165, 1.54) is 33.4 Å². The molecule has 0 spiro atoms. The molecule has 2 heterocycles. The number of hydrogen-bond donors (Lipinski definition) is 0. The van der Waals surface area contributed by atoms with Crippen molar-refractivity contribution >= 4 is 21.9 Å². The summed E-state index contributed by atoms with van der Waals surface area (Å²) in [4.78, 5) is 10.6. The summed E-state index contributed by atoms with van der Waals surface area (Å²) in [5.41, 5.74) is 18.0. The average Bonchev–Trinajstić information content (AvgIpc) is 3.88. The number of aromatic nitrogens is 2. The van der Waals surface area contributed by atoms with Gasteiger partial charge in [0, 0.05) is 27.5 Å². The van der Waals surface area contributed by atoms with Crippen molar-refractivity contribution in [3.63, 3.8) is 0 Å². The number of furan rings is 1. The fourth-order valence-corrected chi connectivity index (χ4v) is 9.70. The number of rotatable bonds is 7. The second kappa shape index (κ2) is 14.5. The van der Waals surface area contributed by atoms with Crippen LogP contribution in [0.5, 0.6) is 0 Å². The van der Waals surface area contributed by atoms with Crippen molar-refractivity contribution in [2.24, 2.45) is 0 Å². The minimum Gasteiger partial charge on any atom is -0.456 e. The fourth-order valence-electron chi connectivity index (χ4n) is 9.70. The highest BCUT2D eigenvalue weighted by molar-refractivity contribution is 6.06. The summed E-state index contributed by atoms with van der Waals surface area (Å²) in [5.74, 6) is 0.688. The average molecular weight is 791 g/mol. The highest BCUT2D eigenvalue weighted by Gasteiger charge is 2.46. The quantitative estimate of drug-likeness (QED) is 0.161. The molecule has 2 aromatic heterocycles. The van der Waals surface area contributed by atoms with E-state index in [9.17, 15) is 0 Å². The van der Waals surface area contributed by atoms with Crippen molar-refractivity contribution in [3.05, 3.63) is 253 Å². The van der Waals surface area contributed by atoms with Gasteiger partial charge in [0.1, 0.15) is 11.2 Å². The molecule has 0 amide bonds. The van der Waals surface area contributed by atoms with E-state index in [0.717, 1.165) is 72.3 Å². The van der Waals surface area contributed by atoms with Crippen LogP contribution in [0.1, 0.15) is 22.3 Å². The van der Waals surface area contributed by atoms with Gasteiger partial charge in [-0.3, -0.25) is 0 Å². The minimum atomic E-state index is -0.511. The lowest BCUT2D eigenvalue weighted by atomic mass is 9.67. The van der Waals surface area contributed by atoms with Gasteiger partial charge < -0.3 is 4.42 Å². The Morgan fingerprint density at radius 1 is 0.306 bits per heavy atom. The lowest BCUT2D eigenvalue weighted by molar-refractivity contribution is 0.669. The van der Waals surface area contributed by atoms with Crippen LogP contribution in [-0.2, 0) is 5.41 Å². The Labute approximate surface area is 360 Å². The van der Waals surface area contributed by atoms with Gasteiger partial charge in [-0.2, -0.15) is 0 Å². The van der Waals surface area contributed by atoms with Crippen molar-refractivity contribution in [2.75, 3.05) is 0 Å². The van der Waals surface area contributed by atoms with Crippen LogP contribution in [0.3, 0.4) is 0 Å². The molecule has 12 rings (SSSR count). The highest BCUT2D eigenvalue weighted by atomic mass is 16.3. The monoisotopic (exact) mass is 790 g/mol. The Morgan fingerprint density at radius 2 is 0.806 bits per heavy atom. The number of para-hydroxylation sites is 1. The summed E-state index contributed by atoms with van der Waals surface area (Å²) in [7, 11) is 0. The second-order valence-corrected chi connectivity index (χ2v) is 16.1. The van der Waals surface area contributed by atoms with Crippen LogP contribution in [0, 0.1) is 0 Å². The zero-order valence-corrected chi connectivity index (χ0v) is 33.7. The van der Waals surface area contributed by atoms with Crippen molar-refractivity contribution in [1.29, 1.82) is 0 Å². The van der Waals surface area contributed by atoms with Gasteiger partial charge in [-0.05, 0) is 98.1 Å². The predicted molar refractivity (Wildman–Crippen MR) is 254 cm³/mol. The molecule has 0 atom stereocenters. The third-order valence-corrected chi connectivity index (χ3v) is 12.6. The number of hydrogen-bond acceptors (Lipinski definition) is 3. The molecule has 3 heteroatoms. The van der Waals surface area contributed by atoms with E-state index in [-0.39, 0.29) is 0 Å². The van der Waals surface area contributed by atoms with E-state index in [4.69, 9.17) is 14.4 Å². The third kappa shape index (κ3) is 5.82. The van der Waals surface area contributed by atoms with E-state index in [1.807, 2.05) is 30.3 Å². The van der Waals surface area contributed by atoms with E-state index in [1.54, 1.807) is 0 Å². The second-order valence-electron chi connectivity index (χ2n) is 16.1. The molecule has 11 aromatic rings. The number of nitrogens with zero attached hydrogens (tertiary/aromatic N) is 2. The van der Waals surface area contributed by atoms with Crippen LogP contribution < -0.4 is 0 Å². The standard InChI is InChI=1S/C59H38N2O/c1-4-16-39(17-5-1)58-60-54(44-21-15-20-42(35-44)40-18-14-19-41(34-40)43-30-33-51-50-27-11-13-29-56(50)62-57(51)37-43)38-55(61-58)45-31-32-49-48-26-10-12-28-52(48)59(53(49)36-45,46-22-6-2-7-23-46)47-24-8-3-9-25-47/h1-38H. The van der Waals surface area contributed by atoms with Crippen molar-refractivity contribution in [2.45, 2.75) is 5.41 Å². The summed E-state index contributed by atoms with van der Waals surface area (Å²) in [6.07, 6.45) is 0. The molecular formula is C59H38N2O. The first-order valence-corrected chi connectivity index (χ1v) is 21.1. The third-order valence-electron chi connectivity index (χ3n) is 12.6. The van der Waals surface area contributed by atoms with E-state index in [2.05, 4.69) is 200 Å². The highest BCUT2D eigenvalue weighted by Crippen LogP contribution is 2.56. The maximum Gasteiger partial charge on any atom is 0.160 e. The molecule has 62 heavy (non-hydrogen) atoms. The van der Waals surface area contributed by atoms with Gasteiger partial charge in [0.25, 0.3) is 0 Å². The van der Waals surface area contributed by atoms with Crippen LogP contribution in [0.25, 0.3) is 89.2 Å². The molecule has 3 nitrogen and oxygen atoms in total. The summed E-state index contributed by atoms with van der Waals surface area (Å²) in [6.45, 7) is 0. The van der Waals surface area contributed by atoms with E-state index < -0.39 is 5.41 Å². The minimum absolute atomic E-state index is 0.511. The summed E-state index contributed by atoms with van der Waals surface area (Å²) in [6, 6.07) is 82.3. The van der Waals surface area contributed by atoms with Crippen LogP contribution in [-0.4, -0.2) is 9.97 Å². The maximum absolute atomic E-state index is 6.25. The summed E-state index contributed by atoms with van der Waals surface area (Å²) < 4.78 is 6.25. The largest absolute Gasteiger partial charge is 0.456 e. The van der Waals surface area contributed by atoms with E-state index >= 15 is 0 Å². The molecule has 0 N–H and O–H groups in total. The molecule has 0 unspecified atom stereocenters. The van der Waals surface area contributed by atoms with Gasteiger partial charge in [0.2, 0.25) is 0 Å².